The second-order valence-electron chi connectivity index (χ2n) is 8.07. The van der Waals surface area contributed by atoms with E-state index in [4.69, 9.17) is 9.47 Å². The predicted molar refractivity (Wildman–Crippen MR) is 104 cm³/mol. The summed E-state index contributed by atoms with van der Waals surface area (Å²) in [7, 11) is 1.68. The minimum absolute atomic E-state index is 0.000608. The molecule has 3 aliphatic heterocycles. The SMILES string of the molecule is COC(c1ccc(F)cc1)C1CCN(C(=O)N2CC[C@@H]3OCC(=O)N[C@@H]3C2)CC1. The number of nitrogens with one attached hydrogen (secondary N) is 1. The lowest BCUT2D eigenvalue weighted by Crippen LogP contribution is -2.62. The first-order valence-electron chi connectivity index (χ1n) is 10.3. The molecule has 3 saturated heterocycles. The summed E-state index contributed by atoms with van der Waals surface area (Å²) in [4.78, 5) is 28.3. The molecular formula is C21H28FN3O4. The number of benzene rings is 1. The third-order valence-electron chi connectivity index (χ3n) is 6.29. The van der Waals surface area contributed by atoms with Gasteiger partial charge in [-0.2, -0.15) is 0 Å². The molecule has 0 saturated carbocycles. The van der Waals surface area contributed by atoms with Gasteiger partial charge < -0.3 is 24.6 Å². The summed E-state index contributed by atoms with van der Waals surface area (Å²) < 4.78 is 24.5. The van der Waals surface area contributed by atoms with Gasteiger partial charge in [-0.3, -0.25) is 4.79 Å². The number of piperidine rings is 2. The molecule has 1 N–H and O–H groups in total. The molecule has 3 fully saturated rings. The summed E-state index contributed by atoms with van der Waals surface area (Å²) in [5, 5.41) is 2.94. The first kappa shape index (κ1) is 20.1. The quantitative estimate of drug-likeness (QED) is 0.834. The first-order chi connectivity index (χ1) is 14.0. The fraction of sp³-hybridized carbons (Fsp3) is 0.619. The van der Waals surface area contributed by atoms with E-state index < -0.39 is 0 Å². The van der Waals surface area contributed by atoms with Gasteiger partial charge in [0.1, 0.15) is 12.4 Å². The highest BCUT2D eigenvalue weighted by molar-refractivity contribution is 5.79. The van der Waals surface area contributed by atoms with Gasteiger partial charge in [0.25, 0.3) is 0 Å². The standard InChI is InChI=1S/C21H28FN3O4/c1-28-20(14-2-4-16(22)5-3-14)15-6-9-24(10-7-15)21(27)25-11-8-18-17(12-25)23-19(26)13-29-18/h2-5,15,17-18,20H,6-13H2,1H3,(H,23,26)/t17-,18+,20?/m1/s1. The lowest BCUT2D eigenvalue weighted by atomic mass is 9.87. The Labute approximate surface area is 170 Å². The second-order valence-corrected chi connectivity index (χ2v) is 8.07. The van der Waals surface area contributed by atoms with Gasteiger partial charge in [-0.25, -0.2) is 9.18 Å². The van der Waals surface area contributed by atoms with E-state index in [-0.39, 0.29) is 48.5 Å². The lowest BCUT2D eigenvalue weighted by Gasteiger charge is -2.43. The van der Waals surface area contributed by atoms with Crippen molar-refractivity contribution in [2.24, 2.45) is 5.92 Å². The largest absolute Gasteiger partial charge is 0.376 e. The van der Waals surface area contributed by atoms with Crippen molar-refractivity contribution in [3.05, 3.63) is 35.6 Å². The maximum Gasteiger partial charge on any atom is 0.320 e. The number of methoxy groups -OCH3 is 1. The van der Waals surface area contributed by atoms with Gasteiger partial charge >= 0.3 is 6.03 Å². The number of morpholine rings is 1. The van der Waals surface area contributed by atoms with Crippen LogP contribution < -0.4 is 5.32 Å². The molecule has 3 aliphatic rings. The number of halogens is 1. The molecule has 0 bridgehead atoms. The Morgan fingerprint density at radius 2 is 1.86 bits per heavy atom. The number of rotatable bonds is 3. The van der Waals surface area contributed by atoms with Crippen molar-refractivity contribution in [2.45, 2.75) is 37.5 Å². The van der Waals surface area contributed by atoms with E-state index in [1.165, 1.54) is 12.1 Å². The summed E-state index contributed by atoms with van der Waals surface area (Å²) in [5.74, 6) is -0.0913. The number of hydrogen-bond donors (Lipinski definition) is 1. The summed E-state index contributed by atoms with van der Waals surface area (Å²) in [6.07, 6.45) is 2.31. The Morgan fingerprint density at radius 3 is 2.55 bits per heavy atom. The van der Waals surface area contributed by atoms with E-state index in [2.05, 4.69) is 5.32 Å². The van der Waals surface area contributed by atoms with Crippen LogP contribution in [0.5, 0.6) is 0 Å². The molecule has 1 unspecified atom stereocenters. The van der Waals surface area contributed by atoms with Crippen LogP contribution in [0.3, 0.4) is 0 Å². The van der Waals surface area contributed by atoms with Gasteiger partial charge in [0.2, 0.25) is 5.91 Å². The van der Waals surface area contributed by atoms with E-state index in [0.717, 1.165) is 24.8 Å². The van der Waals surface area contributed by atoms with E-state index >= 15 is 0 Å². The average molecular weight is 405 g/mol. The van der Waals surface area contributed by atoms with Crippen LogP contribution in [-0.4, -0.2) is 73.8 Å². The molecule has 3 heterocycles. The Bertz CT molecular complexity index is 736. The van der Waals surface area contributed by atoms with Crippen LogP contribution in [0.1, 0.15) is 30.9 Å². The van der Waals surface area contributed by atoms with E-state index in [9.17, 15) is 14.0 Å². The molecular weight excluding hydrogens is 377 g/mol. The molecule has 0 aromatic heterocycles. The van der Waals surface area contributed by atoms with Crippen molar-refractivity contribution in [2.75, 3.05) is 39.9 Å². The first-order valence-corrected chi connectivity index (χ1v) is 10.3. The molecule has 4 rings (SSSR count). The number of amides is 3. The zero-order chi connectivity index (χ0) is 20.4. The van der Waals surface area contributed by atoms with Gasteiger partial charge in [-0.15, -0.1) is 0 Å². The third-order valence-corrected chi connectivity index (χ3v) is 6.29. The van der Waals surface area contributed by atoms with E-state index in [1.807, 2.05) is 9.80 Å². The molecule has 3 atom stereocenters. The highest BCUT2D eigenvalue weighted by atomic mass is 19.1. The van der Waals surface area contributed by atoms with Gasteiger partial charge in [0.15, 0.2) is 0 Å². The van der Waals surface area contributed by atoms with E-state index in [0.29, 0.717) is 26.2 Å². The van der Waals surface area contributed by atoms with Crippen molar-refractivity contribution in [3.63, 3.8) is 0 Å². The minimum atomic E-state index is -0.257. The number of likely N-dealkylation sites (tertiary alicyclic amines) is 2. The molecule has 1 aromatic carbocycles. The Kier molecular flexibility index (Phi) is 6.01. The summed E-state index contributed by atoms with van der Waals surface area (Å²) in [5.41, 5.74) is 0.966. The van der Waals surface area contributed by atoms with Crippen LogP contribution in [0.2, 0.25) is 0 Å². The van der Waals surface area contributed by atoms with Crippen molar-refractivity contribution < 1.29 is 23.5 Å². The van der Waals surface area contributed by atoms with Crippen molar-refractivity contribution in [3.8, 4) is 0 Å². The normalized spacial score (nSPS) is 26.6. The fourth-order valence-electron chi connectivity index (χ4n) is 4.72. The number of urea groups is 1. The second kappa shape index (κ2) is 8.67. The number of carbonyl (C=O) groups excluding carboxylic acids is 2. The molecule has 7 nitrogen and oxygen atoms in total. The Hall–Kier alpha value is -2.19. The molecule has 8 heteroatoms. The number of carbonyl (C=O) groups is 2. The monoisotopic (exact) mass is 405 g/mol. The van der Waals surface area contributed by atoms with Gasteiger partial charge in [0, 0.05) is 33.3 Å². The highest BCUT2D eigenvalue weighted by Gasteiger charge is 2.38. The van der Waals surface area contributed by atoms with Crippen molar-refractivity contribution in [1.29, 1.82) is 0 Å². The van der Waals surface area contributed by atoms with Crippen LogP contribution in [0, 0.1) is 11.7 Å². The molecule has 1 aromatic rings. The minimum Gasteiger partial charge on any atom is -0.376 e. The topological polar surface area (TPSA) is 71.1 Å². The molecule has 29 heavy (non-hydrogen) atoms. The molecule has 158 valence electrons. The van der Waals surface area contributed by atoms with Crippen LogP contribution in [0.25, 0.3) is 0 Å². The number of fused-ring (bicyclic) bond motifs is 1. The number of nitrogens with zero attached hydrogens (tertiary/aromatic N) is 2. The predicted octanol–water partition coefficient (Wildman–Crippen LogP) is 1.93. The summed E-state index contributed by atoms with van der Waals surface area (Å²) in [6.45, 7) is 2.57. The van der Waals surface area contributed by atoms with E-state index in [1.54, 1.807) is 19.2 Å². The van der Waals surface area contributed by atoms with Crippen LogP contribution in [0.4, 0.5) is 9.18 Å². The average Bonchev–Trinajstić information content (AvgIpc) is 2.75. The van der Waals surface area contributed by atoms with Gasteiger partial charge in [-0.05, 0) is 42.9 Å². The zero-order valence-corrected chi connectivity index (χ0v) is 16.7. The Morgan fingerprint density at radius 1 is 1.17 bits per heavy atom. The van der Waals surface area contributed by atoms with Crippen LogP contribution >= 0.6 is 0 Å². The molecule has 0 spiro atoms. The highest BCUT2D eigenvalue weighted by Crippen LogP contribution is 2.34. The smallest absolute Gasteiger partial charge is 0.320 e. The maximum atomic E-state index is 13.2. The number of ether oxygens (including phenoxy) is 2. The fourth-order valence-corrected chi connectivity index (χ4v) is 4.72. The summed E-state index contributed by atoms with van der Waals surface area (Å²) >= 11 is 0. The molecule has 0 aliphatic carbocycles. The molecule has 0 radical (unpaired) electrons. The number of hydrogen-bond acceptors (Lipinski definition) is 4. The zero-order valence-electron chi connectivity index (χ0n) is 16.7. The van der Waals surface area contributed by atoms with Crippen molar-refractivity contribution >= 4 is 11.9 Å². The lowest BCUT2D eigenvalue weighted by molar-refractivity contribution is -0.139. The van der Waals surface area contributed by atoms with Gasteiger partial charge in [-0.1, -0.05) is 12.1 Å². The van der Waals surface area contributed by atoms with Crippen LogP contribution in [0.15, 0.2) is 24.3 Å². The van der Waals surface area contributed by atoms with Crippen molar-refractivity contribution in [1.82, 2.24) is 15.1 Å². The maximum absolute atomic E-state index is 13.2. The third kappa shape index (κ3) is 4.38. The van der Waals surface area contributed by atoms with Crippen LogP contribution in [-0.2, 0) is 14.3 Å². The van der Waals surface area contributed by atoms with Gasteiger partial charge in [0.05, 0.1) is 18.2 Å². The molecule has 3 amide bonds. The Balaban J connectivity index is 1.32. The summed E-state index contributed by atoms with van der Waals surface area (Å²) in [6, 6.07) is 6.35.